The van der Waals surface area contributed by atoms with Crippen LogP contribution in [0, 0.1) is 17.8 Å². The predicted molar refractivity (Wildman–Crippen MR) is 139 cm³/mol. The molecule has 1 heterocycles. The Balaban J connectivity index is 1.51. The first-order valence-electron chi connectivity index (χ1n) is 13.3. The smallest absolute Gasteiger partial charge is 0.303 e. The lowest BCUT2D eigenvalue weighted by Crippen LogP contribution is -2.39. The van der Waals surface area contributed by atoms with Crippen LogP contribution in [0.4, 0.5) is 0 Å². The van der Waals surface area contributed by atoms with E-state index in [2.05, 4.69) is 0 Å². The van der Waals surface area contributed by atoms with Crippen molar-refractivity contribution in [1.29, 1.82) is 0 Å². The summed E-state index contributed by atoms with van der Waals surface area (Å²) < 4.78 is 5.31. The highest BCUT2D eigenvalue weighted by Crippen LogP contribution is 2.55. The number of benzene rings is 1. The van der Waals surface area contributed by atoms with Crippen LogP contribution in [-0.2, 0) is 24.0 Å². The number of nitrogens with zero attached hydrogens (tertiary/aromatic N) is 1. The number of rotatable bonds is 8. The fraction of sp³-hybridized carbons (Fsp3) is 0.433. The van der Waals surface area contributed by atoms with E-state index in [0.29, 0.717) is 48.0 Å². The van der Waals surface area contributed by atoms with E-state index in [1.165, 1.54) is 24.2 Å². The molecular formula is C30H31NO8. The summed E-state index contributed by atoms with van der Waals surface area (Å²) in [4.78, 5) is 65.7. The number of carbonyl (C=O) groups excluding carboxylic acids is 4. The van der Waals surface area contributed by atoms with Gasteiger partial charge in [-0.05, 0) is 62.3 Å². The highest BCUT2D eigenvalue weighted by atomic mass is 16.5. The number of carboxylic acids is 1. The molecule has 5 rings (SSSR count). The van der Waals surface area contributed by atoms with Gasteiger partial charge in [-0.15, -0.1) is 0 Å². The van der Waals surface area contributed by atoms with Crippen LogP contribution < -0.4 is 4.74 Å². The summed E-state index contributed by atoms with van der Waals surface area (Å²) in [5.41, 5.74) is 2.61. The normalized spacial score (nSPS) is 26.2. The largest absolute Gasteiger partial charge is 0.504 e. The van der Waals surface area contributed by atoms with E-state index in [-0.39, 0.29) is 54.3 Å². The van der Waals surface area contributed by atoms with Crippen molar-refractivity contribution in [1.82, 2.24) is 4.90 Å². The minimum absolute atomic E-state index is 0.0457. The van der Waals surface area contributed by atoms with E-state index in [9.17, 15) is 29.1 Å². The molecule has 9 nitrogen and oxygen atoms in total. The van der Waals surface area contributed by atoms with Gasteiger partial charge in [0.1, 0.15) is 0 Å². The van der Waals surface area contributed by atoms with Crippen LogP contribution in [0.3, 0.4) is 0 Å². The van der Waals surface area contributed by atoms with Crippen molar-refractivity contribution in [2.75, 3.05) is 13.7 Å². The molecular weight excluding hydrogens is 502 g/mol. The van der Waals surface area contributed by atoms with Crippen molar-refractivity contribution in [3.63, 3.8) is 0 Å². The summed E-state index contributed by atoms with van der Waals surface area (Å²) in [7, 11) is 1.43. The van der Waals surface area contributed by atoms with Gasteiger partial charge in [-0.1, -0.05) is 24.1 Å². The highest BCUT2D eigenvalue weighted by Gasteiger charge is 2.56. The monoisotopic (exact) mass is 533 g/mol. The van der Waals surface area contributed by atoms with Gasteiger partial charge in [-0.3, -0.25) is 28.9 Å². The maximum absolute atomic E-state index is 13.7. The molecule has 4 atom stereocenters. The second-order valence-corrected chi connectivity index (χ2v) is 10.7. The number of hydrogen-bond acceptors (Lipinski definition) is 7. The van der Waals surface area contributed by atoms with E-state index >= 15 is 0 Å². The van der Waals surface area contributed by atoms with Gasteiger partial charge in [-0.25, -0.2) is 0 Å². The van der Waals surface area contributed by atoms with Crippen molar-refractivity contribution >= 4 is 29.4 Å². The minimum Gasteiger partial charge on any atom is -0.504 e. The van der Waals surface area contributed by atoms with Crippen LogP contribution in [-0.4, -0.2) is 58.1 Å². The number of aliphatic carboxylic acids is 1. The summed E-state index contributed by atoms with van der Waals surface area (Å²) in [6.07, 6.45) is 5.49. The third-order valence-corrected chi connectivity index (χ3v) is 8.47. The van der Waals surface area contributed by atoms with Crippen LogP contribution in [0.2, 0.25) is 0 Å². The molecule has 39 heavy (non-hydrogen) atoms. The van der Waals surface area contributed by atoms with Gasteiger partial charge in [0.05, 0.1) is 18.9 Å². The summed E-state index contributed by atoms with van der Waals surface area (Å²) in [5.74, 6) is -3.89. The number of methoxy groups -OCH3 is 1. The number of aromatic hydroxyl groups is 1. The molecule has 1 aliphatic heterocycles. The fourth-order valence-electron chi connectivity index (χ4n) is 6.62. The number of hydrogen-bond donors (Lipinski definition) is 2. The second kappa shape index (κ2) is 10.3. The second-order valence-electron chi connectivity index (χ2n) is 10.7. The SMILES string of the molecule is COc1cc([C@H]2C3=CC[C@@H]4C(=O)N(CCCCCC(=O)O)C(=O)[C@@H]4[C@@H]3CC3=C2C(=O)C(C)=CC3=O)ccc1O. The Bertz CT molecular complexity index is 1380. The molecule has 1 fully saturated rings. The van der Waals surface area contributed by atoms with E-state index in [1.807, 2.05) is 6.08 Å². The van der Waals surface area contributed by atoms with E-state index in [0.717, 1.165) is 5.57 Å². The number of phenols is 1. The molecule has 2 amide bonds. The van der Waals surface area contributed by atoms with Crippen molar-refractivity contribution < 1.29 is 38.9 Å². The van der Waals surface area contributed by atoms with Gasteiger partial charge in [0.25, 0.3) is 0 Å². The number of ether oxygens (including phenoxy) is 1. The number of Topliss-reactive ketones (excluding diaryl/α,β-unsaturated/α-hetero) is 1. The average molecular weight is 534 g/mol. The number of likely N-dealkylation sites (tertiary alicyclic amines) is 1. The molecule has 0 bridgehead atoms. The molecule has 1 saturated heterocycles. The lowest BCUT2D eigenvalue weighted by molar-refractivity contribution is -0.141. The molecule has 204 valence electrons. The fourth-order valence-corrected chi connectivity index (χ4v) is 6.62. The van der Waals surface area contributed by atoms with Crippen LogP contribution >= 0.6 is 0 Å². The zero-order valence-electron chi connectivity index (χ0n) is 21.9. The minimum atomic E-state index is -0.875. The Labute approximate surface area is 225 Å². The summed E-state index contributed by atoms with van der Waals surface area (Å²) in [5, 5.41) is 19.0. The van der Waals surface area contributed by atoms with Crippen LogP contribution in [0.5, 0.6) is 11.5 Å². The van der Waals surface area contributed by atoms with Crippen molar-refractivity contribution in [2.24, 2.45) is 17.8 Å². The van der Waals surface area contributed by atoms with Gasteiger partial charge >= 0.3 is 5.97 Å². The standard InChI is InChI=1S/C30H31NO8/c1-15-12-22(33)20-14-19-17(25(27(20)28(15)36)16-7-10-21(32)23(13-16)39-2)8-9-18-26(19)30(38)31(29(18)37)11-5-3-4-6-24(34)35/h7-8,10,12-13,18-19,25-26,32H,3-6,9,11,14H2,1-2H3,(H,34,35)/t18-,19+,25-,26-/m0/s1. The molecule has 2 N–H and O–H groups in total. The Kier molecular flexibility index (Phi) is 7.01. The van der Waals surface area contributed by atoms with Gasteiger partial charge in [-0.2, -0.15) is 0 Å². The number of imide groups is 1. The molecule has 0 radical (unpaired) electrons. The predicted octanol–water partition coefficient (Wildman–Crippen LogP) is 3.48. The lowest BCUT2D eigenvalue weighted by Gasteiger charge is -2.42. The number of carbonyl (C=O) groups is 5. The zero-order chi connectivity index (χ0) is 28.0. The van der Waals surface area contributed by atoms with Crippen molar-refractivity contribution in [2.45, 2.75) is 51.4 Å². The van der Waals surface area contributed by atoms with Crippen LogP contribution in [0.15, 0.2) is 52.6 Å². The van der Waals surface area contributed by atoms with E-state index in [4.69, 9.17) is 9.84 Å². The number of amides is 2. The summed E-state index contributed by atoms with van der Waals surface area (Å²) in [6.45, 7) is 1.85. The van der Waals surface area contributed by atoms with E-state index in [1.54, 1.807) is 19.1 Å². The van der Waals surface area contributed by atoms with Gasteiger partial charge < -0.3 is 14.9 Å². The van der Waals surface area contributed by atoms with Gasteiger partial charge in [0, 0.05) is 35.6 Å². The Morgan fingerprint density at radius 2 is 1.85 bits per heavy atom. The molecule has 0 aromatic heterocycles. The lowest BCUT2D eigenvalue weighted by atomic mass is 9.59. The molecule has 9 heteroatoms. The van der Waals surface area contributed by atoms with Gasteiger partial charge in [0.15, 0.2) is 23.1 Å². The number of allylic oxidation sites excluding steroid dienone is 6. The highest BCUT2D eigenvalue weighted by molar-refractivity contribution is 6.23. The Hall–Kier alpha value is -4.01. The number of unbranched alkanes of at least 4 members (excludes halogenated alkanes) is 2. The number of phenolic OH excluding ortho intramolecular Hbond substituents is 1. The first-order chi connectivity index (χ1) is 18.6. The maximum Gasteiger partial charge on any atom is 0.303 e. The number of ketones is 2. The molecule has 3 aliphatic carbocycles. The third-order valence-electron chi connectivity index (χ3n) is 8.47. The zero-order valence-corrected chi connectivity index (χ0v) is 21.9. The molecule has 1 aromatic carbocycles. The molecule has 1 aromatic rings. The third kappa shape index (κ3) is 4.49. The quantitative estimate of drug-likeness (QED) is 0.224. The van der Waals surface area contributed by atoms with E-state index < -0.39 is 29.6 Å². The molecule has 0 unspecified atom stereocenters. The van der Waals surface area contributed by atoms with Gasteiger partial charge in [0.2, 0.25) is 11.8 Å². The molecule has 4 aliphatic rings. The number of fused-ring (bicyclic) bond motifs is 3. The average Bonchev–Trinajstić information content (AvgIpc) is 3.15. The summed E-state index contributed by atoms with van der Waals surface area (Å²) in [6, 6.07) is 4.83. The van der Waals surface area contributed by atoms with Crippen molar-refractivity contribution in [3.05, 3.63) is 58.2 Å². The topological polar surface area (TPSA) is 138 Å². The number of carboxylic acid groups (broad SMARTS) is 1. The maximum atomic E-state index is 13.7. The summed E-state index contributed by atoms with van der Waals surface area (Å²) >= 11 is 0. The van der Waals surface area contributed by atoms with Crippen LogP contribution in [0.1, 0.15) is 56.9 Å². The Morgan fingerprint density at radius 1 is 1.08 bits per heavy atom. The Morgan fingerprint density at radius 3 is 2.56 bits per heavy atom. The molecule has 0 saturated carbocycles. The first-order valence-corrected chi connectivity index (χ1v) is 13.3. The van der Waals surface area contributed by atoms with Crippen LogP contribution in [0.25, 0.3) is 0 Å². The van der Waals surface area contributed by atoms with Crippen molar-refractivity contribution in [3.8, 4) is 11.5 Å². The first kappa shape index (κ1) is 26.6. The molecule has 0 spiro atoms.